The SMILES string of the molecule is Cc1ccc(C(=O)C=Cc2csc(-c3ccccn3)n2)cc1. The number of benzene rings is 1. The van der Waals surface area contributed by atoms with Gasteiger partial charge in [0.2, 0.25) is 0 Å². The van der Waals surface area contributed by atoms with Crippen LogP contribution < -0.4 is 0 Å². The summed E-state index contributed by atoms with van der Waals surface area (Å²) in [6.45, 7) is 2.00. The van der Waals surface area contributed by atoms with E-state index in [1.807, 2.05) is 54.8 Å². The van der Waals surface area contributed by atoms with Gasteiger partial charge >= 0.3 is 0 Å². The maximum Gasteiger partial charge on any atom is 0.185 e. The summed E-state index contributed by atoms with van der Waals surface area (Å²) < 4.78 is 0. The number of thiazole rings is 1. The van der Waals surface area contributed by atoms with Gasteiger partial charge < -0.3 is 0 Å². The van der Waals surface area contributed by atoms with Gasteiger partial charge in [0.1, 0.15) is 5.01 Å². The van der Waals surface area contributed by atoms with Crippen LogP contribution in [-0.4, -0.2) is 15.8 Å². The van der Waals surface area contributed by atoms with Gasteiger partial charge in [-0.05, 0) is 31.2 Å². The third-order valence-electron chi connectivity index (χ3n) is 3.15. The van der Waals surface area contributed by atoms with Crippen LogP contribution in [0.3, 0.4) is 0 Å². The molecule has 0 aliphatic rings. The van der Waals surface area contributed by atoms with Gasteiger partial charge in [0.05, 0.1) is 11.4 Å². The lowest BCUT2D eigenvalue weighted by molar-refractivity contribution is 0.104. The van der Waals surface area contributed by atoms with Crippen LogP contribution in [-0.2, 0) is 0 Å². The van der Waals surface area contributed by atoms with Gasteiger partial charge in [-0.15, -0.1) is 11.3 Å². The number of carbonyl (C=O) groups is 1. The molecule has 0 unspecified atom stereocenters. The molecule has 0 N–H and O–H groups in total. The average molecular weight is 306 g/mol. The molecule has 22 heavy (non-hydrogen) atoms. The van der Waals surface area contributed by atoms with E-state index in [1.165, 1.54) is 11.3 Å². The normalized spacial score (nSPS) is 11.0. The fourth-order valence-corrected chi connectivity index (χ4v) is 2.71. The van der Waals surface area contributed by atoms with Crippen molar-refractivity contribution >= 4 is 23.2 Å². The van der Waals surface area contributed by atoms with Gasteiger partial charge in [-0.1, -0.05) is 35.9 Å². The topological polar surface area (TPSA) is 42.9 Å². The molecule has 3 aromatic rings. The minimum atomic E-state index is -0.0209. The number of aromatic nitrogens is 2. The monoisotopic (exact) mass is 306 g/mol. The minimum Gasteiger partial charge on any atom is -0.289 e. The Labute approximate surface area is 133 Å². The van der Waals surface area contributed by atoms with E-state index < -0.39 is 0 Å². The summed E-state index contributed by atoms with van der Waals surface area (Å²) in [6, 6.07) is 13.3. The van der Waals surface area contributed by atoms with E-state index >= 15 is 0 Å². The zero-order chi connectivity index (χ0) is 15.4. The summed E-state index contributed by atoms with van der Waals surface area (Å²) in [7, 11) is 0. The molecule has 0 atom stereocenters. The van der Waals surface area contributed by atoms with Crippen molar-refractivity contribution in [3.8, 4) is 10.7 Å². The number of carbonyl (C=O) groups excluding carboxylic acids is 1. The average Bonchev–Trinajstić information content (AvgIpc) is 3.03. The summed E-state index contributed by atoms with van der Waals surface area (Å²) in [5, 5.41) is 2.77. The second-order valence-corrected chi connectivity index (χ2v) is 5.71. The summed E-state index contributed by atoms with van der Waals surface area (Å²) in [5.41, 5.74) is 3.44. The number of ketones is 1. The van der Waals surface area contributed by atoms with Crippen molar-refractivity contribution in [3.63, 3.8) is 0 Å². The first-order valence-corrected chi connectivity index (χ1v) is 7.76. The van der Waals surface area contributed by atoms with Gasteiger partial charge in [0.15, 0.2) is 5.78 Å². The number of hydrogen-bond donors (Lipinski definition) is 0. The maximum absolute atomic E-state index is 12.1. The number of pyridine rings is 1. The molecule has 4 heteroatoms. The Morgan fingerprint density at radius 3 is 2.68 bits per heavy atom. The van der Waals surface area contributed by atoms with Crippen LogP contribution in [0.1, 0.15) is 21.6 Å². The fraction of sp³-hybridized carbons (Fsp3) is 0.0556. The number of rotatable bonds is 4. The molecule has 0 spiro atoms. The van der Waals surface area contributed by atoms with Crippen molar-refractivity contribution < 1.29 is 4.79 Å². The van der Waals surface area contributed by atoms with Crippen LogP contribution in [0, 0.1) is 6.92 Å². The Balaban J connectivity index is 1.75. The second-order valence-electron chi connectivity index (χ2n) is 4.86. The molecule has 0 fully saturated rings. The first-order valence-electron chi connectivity index (χ1n) is 6.88. The molecule has 108 valence electrons. The summed E-state index contributed by atoms with van der Waals surface area (Å²) >= 11 is 1.52. The summed E-state index contributed by atoms with van der Waals surface area (Å²) in [5.74, 6) is -0.0209. The van der Waals surface area contributed by atoms with Crippen molar-refractivity contribution in [3.05, 3.63) is 76.9 Å². The van der Waals surface area contributed by atoms with Gasteiger partial charge in [-0.3, -0.25) is 9.78 Å². The molecule has 0 aliphatic heterocycles. The van der Waals surface area contributed by atoms with Gasteiger partial charge in [-0.2, -0.15) is 0 Å². The Kier molecular flexibility index (Phi) is 4.21. The third-order valence-corrected chi connectivity index (χ3v) is 4.03. The van der Waals surface area contributed by atoms with Crippen molar-refractivity contribution in [1.82, 2.24) is 9.97 Å². The van der Waals surface area contributed by atoms with Gasteiger partial charge in [0, 0.05) is 17.1 Å². The highest BCUT2D eigenvalue weighted by atomic mass is 32.1. The molecule has 0 saturated carbocycles. The maximum atomic E-state index is 12.1. The van der Waals surface area contributed by atoms with E-state index in [0.717, 1.165) is 22.0 Å². The molecule has 0 radical (unpaired) electrons. The highest BCUT2D eigenvalue weighted by Crippen LogP contribution is 2.22. The molecule has 0 aliphatic carbocycles. The highest BCUT2D eigenvalue weighted by Gasteiger charge is 2.05. The Morgan fingerprint density at radius 1 is 1.14 bits per heavy atom. The first kappa shape index (κ1) is 14.4. The Bertz CT molecular complexity index is 805. The smallest absolute Gasteiger partial charge is 0.185 e. The van der Waals surface area contributed by atoms with E-state index in [-0.39, 0.29) is 5.78 Å². The van der Waals surface area contributed by atoms with Crippen molar-refractivity contribution in [2.24, 2.45) is 0 Å². The van der Waals surface area contributed by atoms with Crippen molar-refractivity contribution in [2.45, 2.75) is 6.92 Å². The highest BCUT2D eigenvalue weighted by molar-refractivity contribution is 7.13. The molecule has 2 aromatic heterocycles. The van der Waals surface area contributed by atoms with E-state index in [9.17, 15) is 4.79 Å². The van der Waals surface area contributed by atoms with Crippen LogP contribution in [0.4, 0.5) is 0 Å². The summed E-state index contributed by atoms with van der Waals surface area (Å²) in [4.78, 5) is 20.8. The van der Waals surface area contributed by atoms with E-state index in [0.29, 0.717) is 5.56 Å². The summed E-state index contributed by atoms with van der Waals surface area (Å²) in [6.07, 6.45) is 5.04. The van der Waals surface area contributed by atoms with Crippen LogP contribution >= 0.6 is 11.3 Å². The minimum absolute atomic E-state index is 0.0209. The van der Waals surface area contributed by atoms with Gasteiger partial charge in [0.25, 0.3) is 0 Å². The largest absolute Gasteiger partial charge is 0.289 e. The molecule has 3 nitrogen and oxygen atoms in total. The molecule has 1 aromatic carbocycles. The Hall–Kier alpha value is -2.59. The molecule has 0 bridgehead atoms. The number of nitrogens with zero attached hydrogens (tertiary/aromatic N) is 2. The quantitative estimate of drug-likeness (QED) is 0.529. The van der Waals surface area contributed by atoms with Crippen LogP contribution in [0.5, 0.6) is 0 Å². The number of aryl methyl sites for hydroxylation is 1. The zero-order valence-electron chi connectivity index (χ0n) is 12.1. The lowest BCUT2D eigenvalue weighted by Gasteiger charge is -1.96. The van der Waals surface area contributed by atoms with Crippen molar-refractivity contribution in [2.75, 3.05) is 0 Å². The lowest BCUT2D eigenvalue weighted by atomic mass is 10.1. The molecule has 0 amide bonds. The molecule has 2 heterocycles. The molecule has 3 rings (SSSR count). The van der Waals surface area contributed by atoms with Crippen LogP contribution in [0.2, 0.25) is 0 Å². The molecular weight excluding hydrogens is 292 g/mol. The number of allylic oxidation sites excluding steroid dienone is 1. The van der Waals surface area contributed by atoms with E-state index in [1.54, 1.807) is 18.3 Å². The second kappa shape index (κ2) is 6.45. The fourth-order valence-electron chi connectivity index (χ4n) is 1.94. The Morgan fingerprint density at radius 2 is 1.95 bits per heavy atom. The predicted molar refractivity (Wildman–Crippen MR) is 89.9 cm³/mol. The van der Waals surface area contributed by atoms with Crippen LogP contribution in [0.15, 0.2) is 60.1 Å². The molecular formula is C18H14N2OS. The van der Waals surface area contributed by atoms with E-state index in [4.69, 9.17) is 0 Å². The third kappa shape index (κ3) is 3.35. The van der Waals surface area contributed by atoms with Crippen molar-refractivity contribution in [1.29, 1.82) is 0 Å². The van der Waals surface area contributed by atoms with Crippen LogP contribution in [0.25, 0.3) is 16.8 Å². The van der Waals surface area contributed by atoms with E-state index in [2.05, 4.69) is 9.97 Å². The first-order chi connectivity index (χ1) is 10.7. The zero-order valence-corrected chi connectivity index (χ0v) is 12.9. The number of hydrogen-bond acceptors (Lipinski definition) is 4. The lowest BCUT2D eigenvalue weighted by Crippen LogP contribution is -1.93. The standard InChI is InChI=1S/C18H14N2OS/c1-13-5-7-14(8-6-13)17(21)10-9-15-12-22-18(20-15)16-4-2-3-11-19-16/h2-12H,1H3. The predicted octanol–water partition coefficient (Wildman–Crippen LogP) is 4.41. The molecule has 0 saturated heterocycles. The van der Waals surface area contributed by atoms with Gasteiger partial charge in [-0.25, -0.2) is 4.98 Å².